The molecule has 106 valence electrons. The molecule has 0 bridgehead atoms. The van der Waals surface area contributed by atoms with E-state index in [1.54, 1.807) is 48.7 Å². The van der Waals surface area contributed by atoms with Crippen molar-refractivity contribution in [2.45, 2.75) is 5.92 Å². The summed E-state index contributed by atoms with van der Waals surface area (Å²) in [5, 5.41) is 0. The Kier molecular flexibility index (Phi) is 2.56. The maximum absolute atomic E-state index is 12.5. The van der Waals surface area contributed by atoms with Crippen LogP contribution in [0.1, 0.15) is 32.3 Å². The summed E-state index contributed by atoms with van der Waals surface area (Å²) in [6.07, 6.45) is 1.60. The van der Waals surface area contributed by atoms with Gasteiger partial charge in [-0.25, -0.2) is 4.98 Å². The maximum atomic E-state index is 12.5. The molecule has 2 heterocycles. The van der Waals surface area contributed by atoms with Crippen molar-refractivity contribution in [3.8, 4) is 0 Å². The lowest BCUT2D eigenvalue weighted by molar-refractivity contribution is 0.0888. The molecule has 0 atom stereocenters. The van der Waals surface area contributed by atoms with E-state index < -0.39 is 5.92 Å². The molecule has 3 aromatic rings. The first-order valence-electron chi connectivity index (χ1n) is 6.82. The van der Waals surface area contributed by atoms with E-state index in [1.807, 2.05) is 0 Å². The molecule has 1 aliphatic rings. The number of hydrogen-bond donors (Lipinski definition) is 0. The highest BCUT2D eigenvalue weighted by Gasteiger charge is 2.40. The highest BCUT2D eigenvalue weighted by molar-refractivity contribution is 6.29. The standard InChI is InChI=1S/C17H10N2O3/c20-14-9-12(18-13-7-3-4-8-19(13)14)15-16(21)10-5-1-2-6-11(10)17(15)22/h1-9,15H. The number of Topliss-reactive ketones (excluding diaryl/α,β-unsaturated/α-hetero) is 2. The highest BCUT2D eigenvalue weighted by Crippen LogP contribution is 2.32. The van der Waals surface area contributed by atoms with Crippen LogP contribution in [0.4, 0.5) is 0 Å². The molecule has 2 aromatic heterocycles. The van der Waals surface area contributed by atoms with Gasteiger partial charge in [0.2, 0.25) is 0 Å². The molecule has 0 unspecified atom stereocenters. The predicted octanol–water partition coefficient (Wildman–Crippen LogP) is 1.86. The van der Waals surface area contributed by atoms with Gasteiger partial charge in [-0.15, -0.1) is 0 Å². The fourth-order valence-corrected chi connectivity index (χ4v) is 2.83. The molecule has 0 spiro atoms. The van der Waals surface area contributed by atoms with E-state index >= 15 is 0 Å². The second kappa shape index (κ2) is 4.46. The molecule has 0 fully saturated rings. The first-order chi connectivity index (χ1) is 10.7. The van der Waals surface area contributed by atoms with Gasteiger partial charge in [0, 0.05) is 23.4 Å². The van der Waals surface area contributed by atoms with Crippen LogP contribution in [0, 0.1) is 0 Å². The Hall–Kier alpha value is -3.08. The minimum absolute atomic E-state index is 0.211. The van der Waals surface area contributed by atoms with Crippen molar-refractivity contribution >= 4 is 17.2 Å². The molecule has 4 rings (SSSR count). The van der Waals surface area contributed by atoms with Crippen LogP contribution in [0.2, 0.25) is 0 Å². The summed E-state index contributed by atoms with van der Waals surface area (Å²) < 4.78 is 1.38. The van der Waals surface area contributed by atoms with Crippen molar-refractivity contribution in [1.82, 2.24) is 9.38 Å². The van der Waals surface area contributed by atoms with Gasteiger partial charge in [-0.05, 0) is 12.1 Å². The number of hydrogen-bond acceptors (Lipinski definition) is 4. The fraction of sp³-hybridized carbons (Fsp3) is 0.0588. The number of carbonyl (C=O) groups is 2. The quantitative estimate of drug-likeness (QED) is 0.641. The van der Waals surface area contributed by atoms with Crippen LogP contribution >= 0.6 is 0 Å². The zero-order chi connectivity index (χ0) is 15.3. The van der Waals surface area contributed by atoms with Crippen LogP contribution in [0.15, 0.2) is 59.5 Å². The molecule has 22 heavy (non-hydrogen) atoms. The van der Waals surface area contributed by atoms with Gasteiger partial charge in [0.15, 0.2) is 11.6 Å². The van der Waals surface area contributed by atoms with E-state index in [9.17, 15) is 14.4 Å². The van der Waals surface area contributed by atoms with Gasteiger partial charge in [0.05, 0.1) is 5.69 Å². The number of benzene rings is 1. The van der Waals surface area contributed by atoms with Gasteiger partial charge in [-0.1, -0.05) is 30.3 Å². The molecule has 5 heteroatoms. The number of carbonyl (C=O) groups excluding carboxylic acids is 2. The summed E-state index contributed by atoms with van der Waals surface area (Å²) >= 11 is 0. The zero-order valence-electron chi connectivity index (χ0n) is 11.4. The third-order valence-corrected chi connectivity index (χ3v) is 3.87. The predicted molar refractivity (Wildman–Crippen MR) is 79.3 cm³/mol. The van der Waals surface area contributed by atoms with Crippen molar-refractivity contribution in [3.63, 3.8) is 0 Å². The second-order valence-electron chi connectivity index (χ2n) is 5.16. The van der Waals surface area contributed by atoms with Crippen LogP contribution in [0.3, 0.4) is 0 Å². The lowest BCUT2D eigenvalue weighted by Crippen LogP contribution is -2.21. The van der Waals surface area contributed by atoms with Gasteiger partial charge in [-0.3, -0.25) is 18.8 Å². The summed E-state index contributed by atoms with van der Waals surface area (Å²) in [6.45, 7) is 0. The number of rotatable bonds is 1. The van der Waals surface area contributed by atoms with Gasteiger partial charge < -0.3 is 0 Å². The average molecular weight is 290 g/mol. The van der Waals surface area contributed by atoms with Gasteiger partial charge in [0.1, 0.15) is 11.6 Å². The van der Waals surface area contributed by atoms with E-state index in [4.69, 9.17) is 0 Å². The van der Waals surface area contributed by atoms with Crippen LogP contribution in [-0.4, -0.2) is 21.0 Å². The van der Waals surface area contributed by atoms with Crippen LogP contribution in [0.5, 0.6) is 0 Å². The SMILES string of the molecule is O=C1c2ccccc2C(=O)C1c1cc(=O)n2ccccc2n1. The minimum Gasteiger partial charge on any atom is -0.293 e. The normalized spacial score (nSPS) is 14.5. The number of fused-ring (bicyclic) bond motifs is 2. The van der Waals surface area contributed by atoms with Crippen LogP contribution in [0.25, 0.3) is 5.65 Å². The second-order valence-corrected chi connectivity index (χ2v) is 5.16. The Bertz CT molecular complexity index is 969. The van der Waals surface area contributed by atoms with Gasteiger partial charge >= 0.3 is 0 Å². The minimum atomic E-state index is -1.02. The monoisotopic (exact) mass is 290 g/mol. The number of aromatic nitrogens is 2. The Morgan fingerprint density at radius 2 is 1.50 bits per heavy atom. The van der Waals surface area contributed by atoms with Crippen molar-refractivity contribution in [1.29, 1.82) is 0 Å². The molecule has 0 amide bonds. The first-order valence-corrected chi connectivity index (χ1v) is 6.82. The molecule has 1 aromatic carbocycles. The largest absolute Gasteiger partial charge is 0.293 e. The molecule has 0 aliphatic heterocycles. The lowest BCUT2D eigenvalue weighted by atomic mass is 9.99. The molecule has 0 saturated heterocycles. The smallest absolute Gasteiger partial charge is 0.258 e. The summed E-state index contributed by atoms with van der Waals surface area (Å²) in [5.74, 6) is -1.61. The molecular weight excluding hydrogens is 280 g/mol. The number of nitrogens with zero attached hydrogens (tertiary/aromatic N) is 2. The molecule has 0 saturated carbocycles. The number of ketones is 2. The maximum Gasteiger partial charge on any atom is 0.258 e. The molecular formula is C17H10N2O3. The fourth-order valence-electron chi connectivity index (χ4n) is 2.83. The number of pyridine rings is 1. The first kappa shape index (κ1) is 12.6. The summed E-state index contributed by atoms with van der Waals surface area (Å²) in [6, 6.07) is 13.1. The van der Waals surface area contributed by atoms with Gasteiger partial charge in [-0.2, -0.15) is 0 Å². The van der Waals surface area contributed by atoms with E-state index in [-0.39, 0.29) is 22.8 Å². The van der Waals surface area contributed by atoms with Crippen molar-refractivity contribution in [2.24, 2.45) is 0 Å². The third-order valence-electron chi connectivity index (χ3n) is 3.87. The molecule has 1 aliphatic carbocycles. The van der Waals surface area contributed by atoms with Crippen molar-refractivity contribution in [2.75, 3.05) is 0 Å². The van der Waals surface area contributed by atoms with Crippen molar-refractivity contribution < 1.29 is 9.59 Å². The third kappa shape index (κ3) is 1.65. The summed E-state index contributed by atoms with van der Waals surface area (Å²) in [5.41, 5.74) is 1.11. The lowest BCUT2D eigenvalue weighted by Gasteiger charge is -2.07. The Morgan fingerprint density at radius 3 is 2.18 bits per heavy atom. The highest BCUT2D eigenvalue weighted by atomic mass is 16.2. The zero-order valence-corrected chi connectivity index (χ0v) is 11.4. The van der Waals surface area contributed by atoms with Gasteiger partial charge in [0.25, 0.3) is 5.56 Å². The van der Waals surface area contributed by atoms with E-state index in [2.05, 4.69) is 4.98 Å². The molecule has 0 N–H and O–H groups in total. The van der Waals surface area contributed by atoms with E-state index in [0.717, 1.165) is 0 Å². The van der Waals surface area contributed by atoms with Crippen molar-refractivity contribution in [3.05, 3.63) is 81.9 Å². The Balaban J connectivity index is 1.92. The summed E-state index contributed by atoms with van der Waals surface area (Å²) in [7, 11) is 0. The Morgan fingerprint density at radius 1 is 0.864 bits per heavy atom. The molecule has 0 radical (unpaired) electrons. The van der Waals surface area contributed by atoms with E-state index in [1.165, 1.54) is 10.5 Å². The average Bonchev–Trinajstić information content (AvgIpc) is 2.79. The topological polar surface area (TPSA) is 68.5 Å². The van der Waals surface area contributed by atoms with E-state index in [0.29, 0.717) is 16.8 Å². The summed E-state index contributed by atoms with van der Waals surface area (Å²) in [4.78, 5) is 41.4. The van der Waals surface area contributed by atoms with Crippen LogP contribution < -0.4 is 5.56 Å². The van der Waals surface area contributed by atoms with Crippen LogP contribution in [-0.2, 0) is 0 Å². The Labute approximate surface area is 124 Å². The molecule has 5 nitrogen and oxygen atoms in total.